The first-order chi connectivity index (χ1) is 13.1. The van der Waals surface area contributed by atoms with E-state index in [1.807, 2.05) is 24.3 Å². The van der Waals surface area contributed by atoms with Gasteiger partial charge in [-0.2, -0.15) is 0 Å². The average Bonchev–Trinajstić information content (AvgIpc) is 2.71. The standard InChI is InChI=1S/C21H27N3O3/c1-4-5-14-24(2)21(26)17-11-12-22-18(15-17)20(25)23-13-10-16-8-6-7-9-19(16)27-3/h6-9,11-12,15H,4-5,10,13-14H2,1-3H3,(H,23,25). The highest BCUT2D eigenvalue weighted by atomic mass is 16.5. The van der Waals surface area contributed by atoms with Crippen LogP contribution in [0.25, 0.3) is 0 Å². The van der Waals surface area contributed by atoms with Crippen LogP contribution in [0.4, 0.5) is 0 Å². The van der Waals surface area contributed by atoms with Crippen LogP contribution < -0.4 is 10.1 Å². The van der Waals surface area contributed by atoms with E-state index in [2.05, 4.69) is 17.2 Å². The summed E-state index contributed by atoms with van der Waals surface area (Å²) in [4.78, 5) is 30.6. The molecule has 0 atom stereocenters. The molecule has 6 nitrogen and oxygen atoms in total. The summed E-state index contributed by atoms with van der Waals surface area (Å²) in [6, 6.07) is 10.9. The molecule has 0 spiro atoms. The summed E-state index contributed by atoms with van der Waals surface area (Å²) in [7, 11) is 3.40. The van der Waals surface area contributed by atoms with Crippen LogP contribution in [0.5, 0.6) is 5.75 Å². The van der Waals surface area contributed by atoms with Gasteiger partial charge in [0, 0.05) is 31.9 Å². The topological polar surface area (TPSA) is 71.5 Å². The van der Waals surface area contributed by atoms with Crippen molar-refractivity contribution >= 4 is 11.8 Å². The summed E-state index contributed by atoms with van der Waals surface area (Å²) < 4.78 is 5.31. The van der Waals surface area contributed by atoms with Crippen LogP contribution in [0.2, 0.25) is 0 Å². The molecule has 0 aliphatic carbocycles. The van der Waals surface area contributed by atoms with Gasteiger partial charge in [-0.15, -0.1) is 0 Å². The molecule has 1 heterocycles. The molecule has 0 bridgehead atoms. The minimum absolute atomic E-state index is 0.103. The van der Waals surface area contributed by atoms with Crippen LogP contribution >= 0.6 is 0 Å². The number of hydrogen-bond acceptors (Lipinski definition) is 4. The number of ether oxygens (including phenoxy) is 1. The van der Waals surface area contributed by atoms with E-state index in [0.717, 1.165) is 24.2 Å². The largest absolute Gasteiger partial charge is 0.496 e. The molecule has 0 fully saturated rings. The number of unbranched alkanes of at least 4 members (excludes halogenated alkanes) is 1. The Morgan fingerprint density at radius 2 is 2.00 bits per heavy atom. The molecular weight excluding hydrogens is 342 g/mol. The Kier molecular flexibility index (Phi) is 7.79. The molecule has 2 aromatic rings. The van der Waals surface area contributed by atoms with Gasteiger partial charge in [0.2, 0.25) is 0 Å². The lowest BCUT2D eigenvalue weighted by Crippen LogP contribution is -2.29. The Hall–Kier alpha value is -2.89. The van der Waals surface area contributed by atoms with Crippen molar-refractivity contribution in [2.24, 2.45) is 0 Å². The van der Waals surface area contributed by atoms with Crippen LogP contribution in [0.15, 0.2) is 42.6 Å². The van der Waals surface area contributed by atoms with Crippen molar-refractivity contribution in [2.75, 3.05) is 27.2 Å². The van der Waals surface area contributed by atoms with E-state index in [0.29, 0.717) is 25.1 Å². The normalized spacial score (nSPS) is 10.3. The van der Waals surface area contributed by atoms with Gasteiger partial charge < -0.3 is 15.0 Å². The second-order valence-electron chi connectivity index (χ2n) is 6.33. The number of aromatic nitrogens is 1. The van der Waals surface area contributed by atoms with Gasteiger partial charge in [0.1, 0.15) is 11.4 Å². The number of rotatable bonds is 9. The zero-order valence-corrected chi connectivity index (χ0v) is 16.2. The summed E-state index contributed by atoms with van der Waals surface area (Å²) in [5.41, 5.74) is 1.73. The first-order valence-electron chi connectivity index (χ1n) is 9.18. The van der Waals surface area contributed by atoms with Crippen molar-refractivity contribution in [3.63, 3.8) is 0 Å². The third-order valence-corrected chi connectivity index (χ3v) is 4.31. The molecular formula is C21H27N3O3. The number of para-hydroxylation sites is 1. The van der Waals surface area contributed by atoms with E-state index in [4.69, 9.17) is 4.74 Å². The molecule has 2 amide bonds. The van der Waals surface area contributed by atoms with Gasteiger partial charge in [-0.05, 0) is 36.6 Å². The summed E-state index contributed by atoms with van der Waals surface area (Å²) >= 11 is 0. The van der Waals surface area contributed by atoms with Gasteiger partial charge in [-0.25, -0.2) is 0 Å². The maximum Gasteiger partial charge on any atom is 0.269 e. The van der Waals surface area contributed by atoms with Gasteiger partial charge in [-0.1, -0.05) is 31.5 Å². The smallest absolute Gasteiger partial charge is 0.269 e. The highest BCUT2D eigenvalue weighted by molar-refractivity contribution is 5.98. The molecule has 1 N–H and O–H groups in total. The van der Waals surface area contributed by atoms with E-state index >= 15 is 0 Å². The average molecular weight is 369 g/mol. The maximum atomic E-state index is 12.4. The fourth-order valence-electron chi connectivity index (χ4n) is 2.72. The van der Waals surface area contributed by atoms with Crippen molar-refractivity contribution in [2.45, 2.75) is 26.2 Å². The van der Waals surface area contributed by atoms with Crippen LogP contribution in [-0.4, -0.2) is 48.9 Å². The molecule has 0 aliphatic heterocycles. The Bertz CT molecular complexity index is 777. The predicted octanol–water partition coefficient (Wildman–Crippen LogP) is 2.93. The molecule has 0 aliphatic rings. The third-order valence-electron chi connectivity index (χ3n) is 4.31. The summed E-state index contributed by atoms with van der Waals surface area (Å²) in [6.07, 6.45) is 4.11. The fourth-order valence-corrected chi connectivity index (χ4v) is 2.72. The lowest BCUT2D eigenvalue weighted by atomic mass is 10.1. The molecule has 0 radical (unpaired) electrons. The van der Waals surface area contributed by atoms with Gasteiger partial charge in [0.25, 0.3) is 11.8 Å². The Morgan fingerprint density at radius 1 is 1.22 bits per heavy atom. The van der Waals surface area contributed by atoms with E-state index in [-0.39, 0.29) is 17.5 Å². The maximum absolute atomic E-state index is 12.4. The highest BCUT2D eigenvalue weighted by Gasteiger charge is 2.15. The third kappa shape index (κ3) is 5.81. The molecule has 0 saturated heterocycles. The highest BCUT2D eigenvalue weighted by Crippen LogP contribution is 2.17. The lowest BCUT2D eigenvalue weighted by molar-refractivity contribution is 0.0793. The van der Waals surface area contributed by atoms with Crippen LogP contribution in [0, 0.1) is 0 Å². The Balaban J connectivity index is 1.95. The SMILES string of the molecule is CCCCN(C)C(=O)c1ccnc(C(=O)NCCc2ccccc2OC)c1. The first kappa shape index (κ1) is 20.4. The van der Waals surface area contributed by atoms with E-state index < -0.39 is 0 Å². The quantitative estimate of drug-likeness (QED) is 0.738. The lowest BCUT2D eigenvalue weighted by Gasteiger charge is -2.17. The van der Waals surface area contributed by atoms with Crippen molar-refractivity contribution in [3.8, 4) is 5.75 Å². The second-order valence-corrected chi connectivity index (χ2v) is 6.33. The number of methoxy groups -OCH3 is 1. The molecule has 144 valence electrons. The number of nitrogens with zero attached hydrogens (tertiary/aromatic N) is 2. The zero-order chi connectivity index (χ0) is 19.6. The van der Waals surface area contributed by atoms with Gasteiger partial charge in [0.15, 0.2) is 0 Å². The van der Waals surface area contributed by atoms with E-state index in [1.165, 1.54) is 6.20 Å². The number of pyridine rings is 1. The monoisotopic (exact) mass is 369 g/mol. The Morgan fingerprint density at radius 3 is 2.74 bits per heavy atom. The van der Waals surface area contributed by atoms with Gasteiger partial charge in [-0.3, -0.25) is 14.6 Å². The van der Waals surface area contributed by atoms with Crippen LogP contribution in [-0.2, 0) is 6.42 Å². The zero-order valence-electron chi connectivity index (χ0n) is 16.2. The van der Waals surface area contributed by atoms with E-state index in [9.17, 15) is 9.59 Å². The summed E-state index contributed by atoms with van der Waals surface area (Å²) in [6.45, 7) is 3.23. The number of amides is 2. The first-order valence-corrected chi connectivity index (χ1v) is 9.18. The molecule has 2 rings (SSSR count). The van der Waals surface area contributed by atoms with Crippen molar-refractivity contribution in [1.82, 2.24) is 15.2 Å². The van der Waals surface area contributed by atoms with E-state index in [1.54, 1.807) is 31.2 Å². The minimum atomic E-state index is -0.296. The van der Waals surface area contributed by atoms with Crippen molar-refractivity contribution in [1.29, 1.82) is 0 Å². The molecule has 1 aromatic heterocycles. The number of carbonyl (C=O) groups is 2. The number of benzene rings is 1. The minimum Gasteiger partial charge on any atom is -0.496 e. The van der Waals surface area contributed by atoms with Crippen molar-refractivity contribution < 1.29 is 14.3 Å². The van der Waals surface area contributed by atoms with Crippen molar-refractivity contribution in [3.05, 3.63) is 59.4 Å². The van der Waals surface area contributed by atoms with Gasteiger partial charge >= 0.3 is 0 Å². The Labute approximate surface area is 160 Å². The number of carbonyl (C=O) groups excluding carboxylic acids is 2. The fraction of sp³-hybridized carbons (Fsp3) is 0.381. The summed E-state index contributed by atoms with van der Waals surface area (Å²) in [5.74, 6) is 0.400. The second kappa shape index (κ2) is 10.3. The molecule has 27 heavy (non-hydrogen) atoms. The molecule has 0 saturated carbocycles. The molecule has 0 unspecified atom stereocenters. The van der Waals surface area contributed by atoms with Crippen LogP contribution in [0.3, 0.4) is 0 Å². The summed E-state index contributed by atoms with van der Waals surface area (Å²) in [5, 5.41) is 2.85. The number of hydrogen-bond donors (Lipinski definition) is 1. The predicted molar refractivity (Wildman–Crippen MR) is 105 cm³/mol. The molecule has 1 aromatic carbocycles. The van der Waals surface area contributed by atoms with Gasteiger partial charge in [0.05, 0.1) is 7.11 Å². The van der Waals surface area contributed by atoms with Crippen LogP contribution in [0.1, 0.15) is 46.2 Å². The number of nitrogens with one attached hydrogen (secondary N) is 1. The molecule has 6 heteroatoms.